The van der Waals surface area contributed by atoms with Crippen LogP contribution in [0.2, 0.25) is 5.02 Å². The van der Waals surface area contributed by atoms with E-state index in [-0.39, 0.29) is 34.8 Å². The van der Waals surface area contributed by atoms with Gasteiger partial charge in [0.05, 0.1) is 17.4 Å². The molecule has 0 aliphatic carbocycles. The summed E-state index contributed by atoms with van der Waals surface area (Å²) in [5, 5.41) is 20.4. The highest BCUT2D eigenvalue weighted by Gasteiger charge is 2.26. The third-order valence-electron chi connectivity index (χ3n) is 4.80. The Kier molecular flexibility index (Phi) is 7.22. The fraction of sp³-hybridized carbons (Fsp3) is 0.333. The van der Waals surface area contributed by atoms with E-state index in [9.17, 15) is 14.9 Å². The maximum absolute atomic E-state index is 13.0. The minimum atomic E-state index is -0.569. The number of nitriles is 1. The van der Waals surface area contributed by atoms with Gasteiger partial charge in [0, 0.05) is 42.5 Å². The molecular formula is C21H20ClN3O5. The van der Waals surface area contributed by atoms with Gasteiger partial charge in [-0.15, -0.1) is 0 Å². The quantitative estimate of drug-likeness (QED) is 0.471. The van der Waals surface area contributed by atoms with Crippen molar-refractivity contribution in [3.63, 3.8) is 0 Å². The number of hydrogen-bond acceptors (Lipinski definition) is 6. The van der Waals surface area contributed by atoms with Crippen LogP contribution in [0.3, 0.4) is 0 Å². The molecule has 1 saturated heterocycles. The van der Waals surface area contributed by atoms with Crippen molar-refractivity contribution in [2.75, 3.05) is 19.8 Å². The highest BCUT2D eigenvalue weighted by molar-refractivity contribution is 6.30. The molecule has 8 nitrogen and oxygen atoms in total. The molecule has 0 aromatic heterocycles. The van der Waals surface area contributed by atoms with Gasteiger partial charge >= 0.3 is 5.69 Å². The molecule has 3 rings (SSSR count). The van der Waals surface area contributed by atoms with Crippen LogP contribution in [0.4, 0.5) is 5.69 Å². The number of nitro groups is 1. The van der Waals surface area contributed by atoms with Crippen molar-refractivity contribution in [2.24, 2.45) is 0 Å². The summed E-state index contributed by atoms with van der Waals surface area (Å²) in [7, 11) is 0. The molecule has 0 spiro atoms. The van der Waals surface area contributed by atoms with Gasteiger partial charge in [-0.25, -0.2) is 0 Å². The zero-order chi connectivity index (χ0) is 21.5. The van der Waals surface area contributed by atoms with Gasteiger partial charge in [-0.3, -0.25) is 14.9 Å². The van der Waals surface area contributed by atoms with Crippen LogP contribution in [0.1, 0.15) is 29.6 Å². The molecule has 30 heavy (non-hydrogen) atoms. The van der Waals surface area contributed by atoms with Crippen LogP contribution in [0.15, 0.2) is 42.5 Å². The van der Waals surface area contributed by atoms with Gasteiger partial charge in [0.2, 0.25) is 5.75 Å². The Hall–Kier alpha value is -3.15. The summed E-state index contributed by atoms with van der Waals surface area (Å²) < 4.78 is 11.0. The molecule has 1 amide bonds. The maximum atomic E-state index is 13.0. The summed E-state index contributed by atoms with van der Waals surface area (Å²) in [6.07, 6.45) is 1.72. The summed E-state index contributed by atoms with van der Waals surface area (Å²) in [6, 6.07) is 12.7. The average Bonchev–Trinajstić information content (AvgIpc) is 2.76. The number of carbonyl (C=O) groups excluding carboxylic acids is 1. The molecule has 1 aliphatic rings. The summed E-state index contributed by atoms with van der Waals surface area (Å²) in [4.78, 5) is 25.4. The summed E-state index contributed by atoms with van der Waals surface area (Å²) in [6.45, 7) is 1.54. The number of nitro benzene ring substituents is 1. The number of carbonyl (C=O) groups is 1. The normalized spacial score (nSPS) is 14.0. The van der Waals surface area contributed by atoms with Crippen LogP contribution in [-0.4, -0.2) is 41.5 Å². The molecule has 2 aromatic carbocycles. The van der Waals surface area contributed by atoms with Crippen molar-refractivity contribution in [3.05, 3.63) is 63.2 Å². The fourth-order valence-electron chi connectivity index (χ4n) is 3.30. The molecule has 0 unspecified atom stereocenters. The van der Waals surface area contributed by atoms with Crippen molar-refractivity contribution in [1.29, 1.82) is 5.26 Å². The smallest absolute Gasteiger partial charge is 0.313 e. The standard InChI is InChI=1S/C21H20ClN3O5/c22-16-4-7-20(19(14-16)25(27)28)30-18-5-2-15(3-6-18)21(26)24(11-1-10-23)17-8-12-29-13-9-17/h2-7,14,17H,1,8-9,11-13H2. The lowest BCUT2D eigenvalue weighted by molar-refractivity contribution is -0.385. The van der Waals surface area contributed by atoms with E-state index in [1.54, 1.807) is 29.2 Å². The number of nitrogens with zero attached hydrogens (tertiary/aromatic N) is 3. The fourth-order valence-corrected chi connectivity index (χ4v) is 3.46. The predicted molar refractivity (Wildman–Crippen MR) is 110 cm³/mol. The molecule has 1 fully saturated rings. The molecule has 2 aromatic rings. The van der Waals surface area contributed by atoms with Crippen LogP contribution in [-0.2, 0) is 4.74 Å². The van der Waals surface area contributed by atoms with E-state index in [0.717, 1.165) is 12.8 Å². The topological polar surface area (TPSA) is 106 Å². The molecule has 0 N–H and O–H groups in total. The molecule has 156 valence electrons. The Balaban J connectivity index is 1.76. The Labute approximate surface area is 178 Å². The summed E-state index contributed by atoms with van der Waals surface area (Å²) >= 11 is 5.82. The van der Waals surface area contributed by atoms with Crippen LogP contribution in [0.5, 0.6) is 11.5 Å². The third kappa shape index (κ3) is 5.26. The van der Waals surface area contributed by atoms with Crippen molar-refractivity contribution < 1.29 is 19.2 Å². The van der Waals surface area contributed by atoms with Crippen LogP contribution < -0.4 is 4.74 Å². The molecule has 1 heterocycles. The van der Waals surface area contributed by atoms with E-state index in [1.165, 1.54) is 18.2 Å². The second kappa shape index (κ2) is 10.1. The molecular weight excluding hydrogens is 410 g/mol. The molecule has 0 saturated carbocycles. The number of benzene rings is 2. The van der Waals surface area contributed by atoms with Crippen molar-refractivity contribution in [1.82, 2.24) is 4.90 Å². The van der Waals surface area contributed by atoms with Gasteiger partial charge < -0.3 is 14.4 Å². The second-order valence-corrected chi connectivity index (χ2v) is 7.18. The maximum Gasteiger partial charge on any atom is 0.313 e. The Morgan fingerprint density at radius 2 is 1.97 bits per heavy atom. The number of halogens is 1. The van der Waals surface area contributed by atoms with Crippen molar-refractivity contribution >= 4 is 23.2 Å². The van der Waals surface area contributed by atoms with Gasteiger partial charge in [-0.1, -0.05) is 11.6 Å². The van der Waals surface area contributed by atoms with Crippen LogP contribution in [0.25, 0.3) is 0 Å². The highest BCUT2D eigenvalue weighted by Crippen LogP contribution is 2.33. The second-order valence-electron chi connectivity index (χ2n) is 6.75. The number of ether oxygens (including phenoxy) is 2. The predicted octanol–water partition coefficient (Wildman–Crippen LogP) is 4.58. The lowest BCUT2D eigenvalue weighted by atomic mass is 10.0. The Morgan fingerprint density at radius 1 is 1.27 bits per heavy atom. The van der Waals surface area contributed by atoms with E-state index in [1.807, 2.05) is 0 Å². The number of rotatable bonds is 7. The zero-order valence-electron chi connectivity index (χ0n) is 16.1. The van der Waals surface area contributed by atoms with Crippen molar-refractivity contribution in [3.8, 4) is 17.6 Å². The van der Waals surface area contributed by atoms with E-state index >= 15 is 0 Å². The van der Waals surface area contributed by atoms with Crippen LogP contribution >= 0.6 is 11.6 Å². The molecule has 9 heteroatoms. The van der Waals surface area contributed by atoms with E-state index in [0.29, 0.717) is 31.1 Å². The van der Waals surface area contributed by atoms with Gasteiger partial charge in [-0.05, 0) is 49.2 Å². The van der Waals surface area contributed by atoms with Crippen molar-refractivity contribution in [2.45, 2.75) is 25.3 Å². The van der Waals surface area contributed by atoms with E-state index < -0.39 is 4.92 Å². The molecule has 0 bridgehead atoms. The van der Waals surface area contributed by atoms with Gasteiger partial charge in [0.25, 0.3) is 5.91 Å². The number of hydrogen-bond donors (Lipinski definition) is 0. The van der Waals surface area contributed by atoms with E-state index in [2.05, 4.69) is 6.07 Å². The Morgan fingerprint density at radius 3 is 2.60 bits per heavy atom. The van der Waals surface area contributed by atoms with Gasteiger partial charge in [-0.2, -0.15) is 5.26 Å². The third-order valence-corrected chi connectivity index (χ3v) is 5.04. The lowest BCUT2D eigenvalue weighted by Gasteiger charge is -2.34. The average molecular weight is 430 g/mol. The van der Waals surface area contributed by atoms with Gasteiger partial charge in [0.1, 0.15) is 5.75 Å². The minimum Gasteiger partial charge on any atom is -0.450 e. The van der Waals surface area contributed by atoms with Gasteiger partial charge in [0.15, 0.2) is 0 Å². The highest BCUT2D eigenvalue weighted by atomic mass is 35.5. The first-order valence-corrected chi connectivity index (χ1v) is 9.85. The first kappa shape index (κ1) is 21.6. The molecule has 0 radical (unpaired) electrons. The molecule has 0 atom stereocenters. The first-order chi connectivity index (χ1) is 14.5. The lowest BCUT2D eigenvalue weighted by Crippen LogP contribution is -2.43. The summed E-state index contributed by atoms with van der Waals surface area (Å²) in [5.41, 5.74) is 0.210. The monoisotopic (exact) mass is 429 g/mol. The largest absolute Gasteiger partial charge is 0.450 e. The Bertz CT molecular complexity index is 952. The minimum absolute atomic E-state index is 0.0345. The number of amides is 1. The summed E-state index contributed by atoms with van der Waals surface area (Å²) in [5.74, 6) is 0.245. The zero-order valence-corrected chi connectivity index (χ0v) is 16.9. The van der Waals surface area contributed by atoms with Crippen LogP contribution in [0, 0.1) is 21.4 Å². The van der Waals surface area contributed by atoms with E-state index in [4.69, 9.17) is 26.3 Å². The first-order valence-electron chi connectivity index (χ1n) is 9.47. The molecule has 1 aliphatic heterocycles. The SMILES string of the molecule is N#CCCN(C(=O)c1ccc(Oc2ccc(Cl)cc2[N+](=O)[O-])cc1)C1CCOCC1.